The van der Waals surface area contributed by atoms with E-state index in [1.807, 2.05) is 34.6 Å². The van der Waals surface area contributed by atoms with E-state index in [1.54, 1.807) is 6.07 Å². The predicted molar refractivity (Wildman–Crippen MR) is 189 cm³/mol. The molecule has 6 heterocycles. The minimum absolute atomic E-state index is 0.0680. The van der Waals surface area contributed by atoms with E-state index < -0.39 is 18.3 Å². The Morgan fingerprint density at radius 3 is 2.65 bits per heavy atom. The van der Waals surface area contributed by atoms with Crippen molar-refractivity contribution in [3.63, 3.8) is 0 Å². The predicted octanol–water partition coefficient (Wildman–Crippen LogP) is 7.03. The number of likely N-dealkylation sites (tertiary alicyclic amines) is 1. The zero-order valence-corrected chi connectivity index (χ0v) is 29.0. The molecule has 3 fully saturated rings. The number of carbonyl (C=O) groups is 2. The van der Waals surface area contributed by atoms with Crippen LogP contribution in [0.25, 0.3) is 33.6 Å². The summed E-state index contributed by atoms with van der Waals surface area (Å²) >= 11 is 0. The molecule has 1 saturated heterocycles. The van der Waals surface area contributed by atoms with Gasteiger partial charge >= 0.3 is 0 Å². The van der Waals surface area contributed by atoms with Crippen LogP contribution < -0.4 is 11.1 Å². The molecule has 2 saturated carbocycles. The van der Waals surface area contributed by atoms with Crippen molar-refractivity contribution in [2.45, 2.75) is 102 Å². The summed E-state index contributed by atoms with van der Waals surface area (Å²) in [5, 5.41) is 3.88. The maximum Gasteiger partial charge on any atom is 0.280 e. The summed E-state index contributed by atoms with van der Waals surface area (Å²) in [6, 6.07) is 9.98. The molecule has 5 aromatic rings. The van der Waals surface area contributed by atoms with Gasteiger partial charge in [-0.3, -0.25) is 14.6 Å². The number of nitrogens with zero attached hydrogens (tertiary/aromatic N) is 6. The standard InChI is InChI=1S/C39H41F3N8O2/c1-20-30-11-7-23-17-33(48(36(23)46-30)12-4-2-3-5-21-15-32(35(41)42)44-18-27(21)38(51)45-20)37-47-31-16-24(14-28(40)34(31)50(37)25-9-10-25)39(52)49-19-29(43)22-6-8-26(49)13-22/h7,11,14-18,20,22,25-26,29,35H,2-6,8-10,12-13,19,43H2,1H3,(H,45,51)/t20-,22-,26+,29+/m1/s1. The molecule has 4 aliphatic rings. The minimum atomic E-state index is -2.73. The average Bonchev–Trinajstić information content (AvgIpc) is 3.60. The van der Waals surface area contributed by atoms with E-state index in [9.17, 15) is 18.4 Å². The van der Waals surface area contributed by atoms with Crippen molar-refractivity contribution >= 4 is 33.9 Å². The average molecular weight is 711 g/mol. The highest BCUT2D eigenvalue weighted by molar-refractivity contribution is 5.99. The van der Waals surface area contributed by atoms with Gasteiger partial charge in [-0.2, -0.15) is 0 Å². The number of hydrogen-bond donors (Lipinski definition) is 2. The number of alkyl halides is 2. The first-order valence-corrected chi connectivity index (χ1v) is 18.5. The third kappa shape index (κ3) is 5.64. The summed E-state index contributed by atoms with van der Waals surface area (Å²) in [4.78, 5) is 43.0. The van der Waals surface area contributed by atoms with E-state index in [0.717, 1.165) is 61.7 Å². The van der Waals surface area contributed by atoms with Gasteiger partial charge in [-0.25, -0.2) is 23.1 Å². The lowest BCUT2D eigenvalue weighted by Crippen LogP contribution is -2.51. The number of piperidine rings is 1. The van der Waals surface area contributed by atoms with E-state index in [4.69, 9.17) is 15.7 Å². The quantitative estimate of drug-likeness (QED) is 0.207. The molecule has 4 atom stereocenters. The second-order valence-electron chi connectivity index (χ2n) is 15.1. The van der Waals surface area contributed by atoms with Crippen molar-refractivity contribution in [1.29, 1.82) is 0 Å². The molecular weight excluding hydrogens is 669 g/mol. The third-order valence-corrected chi connectivity index (χ3v) is 11.7. The van der Waals surface area contributed by atoms with E-state index in [2.05, 4.69) is 14.9 Å². The number of aromatic nitrogens is 5. The molecule has 1 aromatic carbocycles. The molecule has 9 rings (SSSR count). The van der Waals surface area contributed by atoms with Crippen molar-refractivity contribution in [2.75, 3.05) is 6.54 Å². The maximum absolute atomic E-state index is 16.3. The Bertz CT molecular complexity index is 2240. The molecule has 0 unspecified atom stereocenters. The highest BCUT2D eigenvalue weighted by atomic mass is 19.3. The Kier molecular flexibility index (Phi) is 8.09. The Balaban J connectivity index is 1.11. The molecule has 0 spiro atoms. The number of aryl methyl sites for hydroxylation is 2. The van der Waals surface area contributed by atoms with Gasteiger partial charge in [0.1, 0.15) is 22.7 Å². The van der Waals surface area contributed by atoms with Crippen molar-refractivity contribution in [2.24, 2.45) is 11.7 Å². The van der Waals surface area contributed by atoms with Gasteiger partial charge in [0.25, 0.3) is 18.2 Å². The number of fused-ring (bicyclic) bond motifs is 5. The van der Waals surface area contributed by atoms with Gasteiger partial charge in [0.2, 0.25) is 0 Å². The molecule has 4 aromatic heterocycles. The summed E-state index contributed by atoms with van der Waals surface area (Å²) in [6.07, 6.45) is 5.82. The number of pyridine rings is 2. The Morgan fingerprint density at radius 1 is 1.02 bits per heavy atom. The number of rotatable bonds is 4. The first-order chi connectivity index (χ1) is 25.1. The number of nitrogens with two attached hydrogens (primary N) is 1. The van der Waals surface area contributed by atoms with Crippen molar-refractivity contribution in [3.8, 4) is 11.5 Å². The summed E-state index contributed by atoms with van der Waals surface area (Å²) in [6.45, 7) is 2.91. The first-order valence-electron chi connectivity index (χ1n) is 18.5. The van der Waals surface area contributed by atoms with Crippen LogP contribution in [0.3, 0.4) is 0 Å². The van der Waals surface area contributed by atoms with Crippen LogP contribution in [0.1, 0.15) is 114 Å². The molecule has 2 amide bonds. The number of carbonyl (C=O) groups excluding carboxylic acids is 2. The normalized spacial score (nSPS) is 23.7. The van der Waals surface area contributed by atoms with Gasteiger partial charge in [0.15, 0.2) is 5.82 Å². The molecule has 13 heteroatoms. The van der Waals surface area contributed by atoms with Crippen molar-refractivity contribution in [3.05, 3.63) is 76.5 Å². The number of benzene rings is 1. The minimum Gasteiger partial charge on any atom is -0.344 e. The Hall–Kier alpha value is -4.78. The highest BCUT2D eigenvalue weighted by Gasteiger charge is 2.41. The van der Waals surface area contributed by atoms with Gasteiger partial charge in [0, 0.05) is 48.4 Å². The Morgan fingerprint density at radius 2 is 1.85 bits per heavy atom. The lowest BCUT2D eigenvalue weighted by atomic mass is 9.94. The fourth-order valence-corrected chi connectivity index (χ4v) is 8.73. The lowest BCUT2D eigenvalue weighted by Gasteiger charge is -2.37. The van der Waals surface area contributed by atoms with E-state index >= 15 is 4.39 Å². The largest absolute Gasteiger partial charge is 0.344 e. The summed E-state index contributed by atoms with van der Waals surface area (Å²) < 4.78 is 47.5. The monoisotopic (exact) mass is 710 g/mol. The second-order valence-corrected chi connectivity index (χ2v) is 15.1. The topological polar surface area (TPSA) is 124 Å². The van der Waals surface area contributed by atoms with Gasteiger partial charge in [-0.15, -0.1) is 0 Å². The fourth-order valence-electron chi connectivity index (χ4n) is 8.73. The van der Waals surface area contributed by atoms with Crippen LogP contribution in [0.2, 0.25) is 0 Å². The zero-order valence-electron chi connectivity index (χ0n) is 29.0. The zero-order chi connectivity index (χ0) is 35.8. The molecule has 52 heavy (non-hydrogen) atoms. The van der Waals surface area contributed by atoms with E-state index in [1.165, 1.54) is 18.3 Å². The van der Waals surface area contributed by atoms with Crippen molar-refractivity contribution < 1.29 is 22.8 Å². The summed E-state index contributed by atoms with van der Waals surface area (Å²) in [5.74, 6) is 0.0110. The fraction of sp³-hybridized carbons (Fsp3) is 0.462. The van der Waals surface area contributed by atoms with Gasteiger partial charge in [-0.05, 0) is 106 Å². The molecule has 3 N–H and O–H groups in total. The number of hydrogen-bond acceptors (Lipinski definition) is 6. The van der Waals surface area contributed by atoms with Crippen LogP contribution in [0.15, 0.2) is 42.6 Å². The maximum atomic E-state index is 16.3. The SMILES string of the molecule is C[C@H]1NC(=O)c2cnc(C(F)F)cc2CCCCCn2c(-c3nc4cc(C(=O)N5C[C@H](N)[C@@H]6CC[C@H]5C6)cc(F)c4n3C3CC3)cc3ccc1nc32. The second kappa shape index (κ2) is 12.7. The highest BCUT2D eigenvalue weighted by Crippen LogP contribution is 2.44. The van der Waals surface area contributed by atoms with Gasteiger partial charge < -0.3 is 25.1 Å². The number of halogens is 3. The van der Waals surface area contributed by atoms with Crippen LogP contribution in [0.5, 0.6) is 0 Å². The van der Waals surface area contributed by atoms with Crippen LogP contribution >= 0.6 is 0 Å². The molecule has 10 nitrogen and oxygen atoms in total. The lowest BCUT2D eigenvalue weighted by molar-refractivity contribution is 0.0603. The summed E-state index contributed by atoms with van der Waals surface area (Å²) in [7, 11) is 0. The molecular formula is C39H41F3N8O2. The van der Waals surface area contributed by atoms with Crippen LogP contribution in [0.4, 0.5) is 13.2 Å². The van der Waals surface area contributed by atoms with E-state index in [-0.39, 0.29) is 41.2 Å². The first kappa shape index (κ1) is 33.1. The Labute approximate surface area is 298 Å². The molecule has 2 aliphatic heterocycles. The van der Waals surface area contributed by atoms with E-state index in [0.29, 0.717) is 65.5 Å². The number of nitrogens with one attached hydrogen (secondary N) is 1. The smallest absolute Gasteiger partial charge is 0.280 e. The summed E-state index contributed by atoms with van der Waals surface area (Å²) in [5.41, 5.74) is 10.2. The van der Waals surface area contributed by atoms with Crippen LogP contribution in [-0.2, 0) is 13.0 Å². The molecule has 270 valence electrons. The number of amides is 2. The number of imidazole rings is 1. The molecule has 4 bridgehead atoms. The van der Waals surface area contributed by atoms with Gasteiger partial charge in [0.05, 0.1) is 28.5 Å². The van der Waals surface area contributed by atoms with Crippen LogP contribution in [0, 0.1) is 11.7 Å². The molecule has 2 aliphatic carbocycles. The molecule has 0 radical (unpaired) electrons. The van der Waals surface area contributed by atoms with Crippen LogP contribution in [-0.4, -0.2) is 59.4 Å². The third-order valence-electron chi connectivity index (χ3n) is 11.7. The van der Waals surface area contributed by atoms with Gasteiger partial charge in [-0.1, -0.05) is 6.42 Å². The van der Waals surface area contributed by atoms with Crippen molar-refractivity contribution in [1.82, 2.24) is 34.3 Å².